The maximum absolute atomic E-state index is 12.0. The molecule has 126 valence electrons. The van der Waals surface area contributed by atoms with Crippen LogP contribution in [0.25, 0.3) is 0 Å². The molecule has 8 heteroatoms. The Balaban J connectivity index is 1.64. The van der Waals surface area contributed by atoms with Crippen LogP contribution >= 0.6 is 11.6 Å². The molecule has 1 aromatic carbocycles. The lowest BCUT2D eigenvalue weighted by atomic mass is 10.2. The Morgan fingerprint density at radius 2 is 1.96 bits per heavy atom. The topological polar surface area (TPSA) is 76.6 Å². The minimum atomic E-state index is -3.22. The quantitative estimate of drug-likeness (QED) is 0.614. The van der Waals surface area contributed by atoms with Gasteiger partial charge in [0.1, 0.15) is 11.8 Å². The molecule has 0 saturated carbocycles. The second-order valence-corrected chi connectivity index (χ2v) is 7.75. The number of benzene rings is 1. The Bertz CT molecular complexity index is 835. The van der Waals surface area contributed by atoms with E-state index in [4.69, 9.17) is 16.3 Å². The molecule has 0 atom stereocenters. The van der Waals surface area contributed by atoms with Gasteiger partial charge in [-0.1, -0.05) is 17.7 Å². The van der Waals surface area contributed by atoms with Crippen LogP contribution in [-0.2, 0) is 21.4 Å². The lowest BCUT2D eigenvalue weighted by molar-refractivity contribution is 0.0472. The number of ether oxygens (including phenoxy) is 1. The smallest absolute Gasteiger partial charge is 0.338 e. The zero-order chi connectivity index (χ0) is 17.2. The van der Waals surface area contributed by atoms with Crippen molar-refractivity contribution in [3.8, 4) is 0 Å². The third-order valence-electron chi connectivity index (χ3n) is 3.65. The maximum atomic E-state index is 12.0. The molecule has 2 heterocycles. The largest absolute Gasteiger partial charge is 0.457 e. The summed E-state index contributed by atoms with van der Waals surface area (Å²) in [7, 11) is -3.22. The lowest BCUT2D eigenvalue weighted by Crippen LogP contribution is -2.25. The zero-order valence-electron chi connectivity index (χ0n) is 12.7. The van der Waals surface area contributed by atoms with E-state index < -0.39 is 16.0 Å². The van der Waals surface area contributed by atoms with Crippen LogP contribution in [0.2, 0.25) is 5.15 Å². The van der Waals surface area contributed by atoms with Crippen LogP contribution in [0.3, 0.4) is 0 Å². The molecule has 3 rings (SSSR count). The van der Waals surface area contributed by atoms with Gasteiger partial charge in [-0.25, -0.2) is 18.2 Å². The Kier molecular flexibility index (Phi) is 4.73. The van der Waals surface area contributed by atoms with Crippen molar-refractivity contribution in [1.29, 1.82) is 0 Å². The van der Waals surface area contributed by atoms with E-state index in [1.54, 1.807) is 36.4 Å². The fourth-order valence-corrected chi connectivity index (χ4v) is 4.09. The molecule has 0 amide bonds. The fraction of sp³-hybridized carbons (Fsp3) is 0.250. The molecule has 2 aromatic rings. The van der Waals surface area contributed by atoms with Crippen molar-refractivity contribution in [2.24, 2.45) is 0 Å². The van der Waals surface area contributed by atoms with E-state index in [9.17, 15) is 13.2 Å². The lowest BCUT2D eigenvalue weighted by Gasteiger charge is -2.16. The van der Waals surface area contributed by atoms with Gasteiger partial charge in [-0.05, 0) is 36.8 Å². The van der Waals surface area contributed by atoms with Gasteiger partial charge in [0.25, 0.3) is 0 Å². The first kappa shape index (κ1) is 16.7. The Morgan fingerprint density at radius 3 is 2.54 bits per heavy atom. The normalized spacial score (nSPS) is 16.1. The summed E-state index contributed by atoms with van der Waals surface area (Å²) in [4.78, 5) is 16.0. The number of halogens is 1. The highest BCUT2D eigenvalue weighted by Gasteiger charge is 2.28. The average molecular weight is 367 g/mol. The zero-order valence-corrected chi connectivity index (χ0v) is 14.3. The van der Waals surface area contributed by atoms with Gasteiger partial charge < -0.3 is 4.74 Å². The molecule has 1 aromatic heterocycles. The van der Waals surface area contributed by atoms with Crippen LogP contribution in [0.4, 0.5) is 5.69 Å². The summed E-state index contributed by atoms with van der Waals surface area (Å²) < 4.78 is 30.3. The van der Waals surface area contributed by atoms with Gasteiger partial charge in [0.15, 0.2) is 0 Å². The Labute approximate surface area is 145 Å². The minimum absolute atomic E-state index is 0.0885. The van der Waals surface area contributed by atoms with Crippen LogP contribution in [0.1, 0.15) is 22.3 Å². The number of nitrogens with zero attached hydrogens (tertiary/aromatic N) is 2. The third kappa shape index (κ3) is 3.68. The summed E-state index contributed by atoms with van der Waals surface area (Å²) in [5.41, 5.74) is 1.65. The molecule has 0 aliphatic carbocycles. The third-order valence-corrected chi connectivity index (χ3v) is 5.74. The molecule has 6 nitrogen and oxygen atoms in total. The predicted molar refractivity (Wildman–Crippen MR) is 90.6 cm³/mol. The summed E-state index contributed by atoms with van der Waals surface area (Å²) in [5, 5.41) is 0.373. The van der Waals surface area contributed by atoms with Crippen molar-refractivity contribution in [2.75, 3.05) is 16.6 Å². The Hall–Kier alpha value is -2.12. The van der Waals surface area contributed by atoms with Crippen LogP contribution < -0.4 is 4.31 Å². The van der Waals surface area contributed by atoms with Crippen molar-refractivity contribution in [3.05, 3.63) is 58.9 Å². The van der Waals surface area contributed by atoms with Crippen molar-refractivity contribution < 1.29 is 17.9 Å². The summed E-state index contributed by atoms with van der Waals surface area (Å²) in [6.45, 7) is 0.556. The van der Waals surface area contributed by atoms with E-state index in [-0.39, 0.29) is 12.4 Å². The van der Waals surface area contributed by atoms with Gasteiger partial charge in [-0.2, -0.15) is 0 Å². The number of aromatic nitrogens is 1. The summed E-state index contributed by atoms with van der Waals surface area (Å²) >= 11 is 5.69. The average Bonchev–Trinajstić information content (AvgIpc) is 2.93. The number of carbonyl (C=O) groups is 1. The van der Waals surface area contributed by atoms with Crippen LogP contribution in [-0.4, -0.2) is 31.7 Å². The number of pyridine rings is 1. The molecule has 1 saturated heterocycles. The number of anilines is 1. The van der Waals surface area contributed by atoms with E-state index >= 15 is 0 Å². The highest BCUT2D eigenvalue weighted by atomic mass is 35.5. The number of rotatable bonds is 4. The van der Waals surface area contributed by atoms with E-state index in [1.807, 2.05) is 0 Å². The van der Waals surface area contributed by atoms with Gasteiger partial charge >= 0.3 is 5.97 Å². The van der Waals surface area contributed by atoms with Crippen molar-refractivity contribution in [2.45, 2.75) is 13.0 Å². The molecular formula is C16H15ClN2O4S. The summed E-state index contributed by atoms with van der Waals surface area (Å²) in [5.74, 6) is -0.327. The second kappa shape index (κ2) is 6.78. The van der Waals surface area contributed by atoms with Gasteiger partial charge in [0.2, 0.25) is 10.0 Å². The Morgan fingerprint density at radius 1 is 1.21 bits per heavy atom. The van der Waals surface area contributed by atoms with Crippen molar-refractivity contribution in [3.63, 3.8) is 0 Å². The number of sulfonamides is 1. The number of esters is 1. The molecule has 0 N–H and O–H groups in total. The summed E-state index contributed by atoms with van der Waals surface area (Å²) in [6, 6.07) is 9.70. The van der Waals surface area contributed by atoms with Gasteiger partial charge in [-0.15, -0.1) is 0 Å². The highest BCUT2D eigenvalue weighted by molar-refractivity contribution is 7.93. The van der Waals surface area contributed by atoms with E-state index in [1.165, 1.54) is 10.5 Å². The molecule has 0 unspecified atom stereocenters. The van der Waals surface area contributed by atoms with Crippen molar-refractivity contribution >= 4 is 33.3 Å². The van der Waals surface area contributed by atoms with Gasteiger partial charge in [0.05, 0.1) is 17.0 Å². The molecule has 1 aliphatic heterocycles. The van der Waals surface area contributed by atoms with E-state index in [2.05, 4.69) is 4.98 Å². The van der Waals surface area contributed by atoms with E-state index in [0.29, 0.717) is 29.4 Å². The fourth-order valence-electron chi connectivity index (χ4n) is 2.42. The standard InChI is InChI=1S/C16H15ClN2O4S/c17-15-7-2-12(10-18-15)11-23-16(20)13-3-5-14(6-4-13)19-8-1-9-24(19,21)22/h2-7,10H,1,8-9,11H2. The first-order valence-electron chi connectivity index (χ1n) is 7.34. The molecule has 0 radical (unpaired) electrons. The van der Waals surface area contributed by atoms with Crippen LogP contribution in [0, 0.1) is 0 Å². The SMILES string of the molecule is O=C(OCc1ccc(Cl)nc1)c1ccc(N2CCCS2(=O)=O)cc1. The molecule has 0 spiro atoms. The van der Waals surface area contributed by atoms with E-state index in [0.717, 1.165) is 5.56 Å². The number of hydrogen-bond acceptors (Lipinski definition) is 5. The molecular weight excluding hydrogens is 352 g/mol. The second-order valence-electron chi connectivity index (χ2n) is 5.35. The summed E-state index contributed by atoms with van der Waals surface area (Å²) in [6.07, 6.45) is 2.15. The molecule has 1 fully saturated rings. The van der Waals surface area contributed by atoms with Crippen LogP contribution in [0.15, 0.2) is 42.6 Å². The molecule has 0 bridgehead atoms. The van der Waals surface area contributed by atoms with Crippen LogP contribution in [0.5, 0.6) is 0 Å². The van der Waals surface area contributed by atoms with Gasteiger partial charge in [0, 0.05) is 18.3 Å². The highest BCUT2D eigenvalue weighted by Crippen LogP contribution is 2.24. The maximum Gasteiger partial charge on any atom is 0.338 e. The molecule has 24 heavy (non-hydrogen) atoms. The van der Waals surface area contributed by atoms with Crippen molar-refractivity contribution in [1.82, 2.24) is 4.98 Å². The predicted octanol–water partition coefficient (Wildman–Crippen LogP) is 2.63. The molecule has 1 aliphatic rings. The first-order valence-corrected chi connectivity index (χ1v) is 9.32. The number of hydrogen-bond donors (Lipinski definition) is 0. The number of carbonyl (C=O) groups excluding carboxylic acids is 1. The monoisotopic (exact) mass is 366 g/mol. The minimum Gasteiger partial charge on any atom is -0.457 e. The van der Waals surface area contributed by atoms with Gasteiger partial charge in [-0.3, -0.25) is 4.31 Å². The first-order chi connectivity index (χ1) is 11.5.